The molecule has 0 bridgehead atoms. The molecule has 0 aliphatic heterocycles. The minimum absolute atomic E-state index is 0.0313. The first-order valence-corrected chi connectivity index (χ1v) is 6.47. The van der Waals surface area contributed by atoms with E-state index in [0.29, 0.717) is 13.0 Å². The molecule has 0 unspecified atom stereocenters. The van der Waals surface area contributed by atoms with Crippen molar-refractivity contribution in [2.24, 2.45) is 5.73 Å². The Morgan fingerprint density at radius 1 is 1.33 bits per heavy atom. The summed E-state index contributed by atoms with van der Waals surface area (Å²) in [5, 5.41) is 2.88. The third kappa shape index (κ3) is 3.74. The van der Waals surface area contributed by atoms with Gasteiger partial charge in [-0.3, -0.25) is 4.79 Å². The van der Waals surface area contributed by atoms with Gasteiger partial charge in [0.2, 0.25) is 5.91 Å². The molecule has 3 N–H and O–H groups in total. The number of carbonyl (C=O) groups excluding carboxylic acids is 1. The van der Waals surface area contributed by atoms with E-state index in [9.17, 15) is 4.79 Å². The van der Waals surface area contributed by atoms with Gasteiger partial charge in [0.15, 0.2) is 0 Å². The molecule has 0 aliphatic carbocycles. The number of aryl methyl sites for hydroxylation is 1. The molecule has 0 aliphatic rings. The van der Waals surface area contributed by atoms with Crippen molar-refractivity contribution in [1.82, 2.24) is 0 Å². The van der Waals surface area contributed by atoms with E-state index in [1.54, 1.807) is 0 Å². The van der Waals surface area contributed by atoms with Crippen molar-refractivity contribution in [3.8, 4) is 0 Å². The van der Waals surface area contributed by atoms with Gasteiger partial charge < -0.3 is 16.0 Å². The Labute approximate surface area is 109 Å². The van der Waals surface area contributed by atoms with Gasteiger partial charge in [-0.2, -0.15) is 0 Å². The van der Waals surface area contributed by atoms with Gasteiger partial charge in [-0.05, 0) is 44.5 Å². The minimum Gasteiger partial charge on any atom is -0.372 e. The molecule has 1 aromatic carbocycles. The number of amides is 1. The fraction of sp³-hybridized carbons (Fsp3) is 0.500. The highest BCUT2D eigenvalue weighted by Gasteiger charge is 2.07. The standard InChI is InChI=1S/C14H23N3O/c1-4-17(5-2)12-6-7-13(11(3)10-12)16-14(18)8-9-15/h6-7,10H,4-5,8-9,15H2,1-3H3,(H,16,18). The van der Waals surface area contributed by atoms with E-state index in [4.69, 9.17) is 5.73 Å². The smallest absolute Gasteiger partial charge is 0.225 e. The number of nitrogens with zero attached hydrogens (tertiary/aromatic N) is 1. The van der Waals surface area contributed by atoms with Gasteiger partial charge in [0.25, 0.3) is 0 Å². The van der Waals surface area contributed by atoms with Crippen molar-refractivity contribution >= 4 is 17.3 Å². The quantitative estimate of drug-likeness (QED) is 0.812. The first-order valence-electron chi connectivity index (χ1n) is 6.47. The molecule has 1 amide bonds. The molecule has 100 valence electrons. The summed E-state index contributed by atoms with van der Waals surface area (Å²) >= 11 is 0. The Kier molecular flexibility index (Phi) is 5.65. The predicted octanol–water partition coefficient (Wildman–Crippen LogP) is 2.13. The second kappa shape index (κ2) is 7.01. The van der Waals surface area contributed by atoms with Crippen LogP contribution in [-0.2, 0) is 4.79 Å². The molecule has 1 aromatic rings. The number of anilines is 2. The van der Waals surface area contributed by atoms with Gasteiger partial charge >= 0.3 is 0 Å². The highest BCUT2D eigenvalue weighted by Crippen LogP contribution is 2.22. The summed E-state index contributed by atoms with van der Waals surface area (Å²) in [6.45, 7) is 8.61. The number of benzene rings is 1. The molecule has 1 rings (SSSR count). The molecule has 0 radical (unpaired) electrons. The lowest BCUT2D eigenvalue weighted by Crippen LogP contribution is -2.22. The predicted molar refractivity (Wildman–Crippen MR) is 77.0 cm³/mol. The van der Waals surface area contributed by atoms with Crippen LogP contribution in [0.25, 0.3) is 0 Å². The van der Waals surface area contributed by atoms with Gasteiger partial charge in [-0.1, -0.05) is 0 Å². The van der Waals surface area contributed by atoms with E-state index >= 15 is 0 Å². The molecule has 0 heterocycles. The van der Waals surface area contributed by atoms with Crippen LogP contribution in [0.15, 0.2) is 18.2 Å². The summed E-state index contributed by atoms with van der Waals surface area (Å²) in [6.07, 6.45) is 0.358. The van der Waals surface area contributed by atoms with Crippen molar-refractivity contribution in [1.29, 1.82) is 0 Å². The molecule has 0 saturated carbocycles. The Hall–Kier alpha value is -1.55. The SMILES string of the molecule is CCN(CC)c1ccc(NC(=O)CCN)c(C)c1. The summed E-state index contributed by atoms with van der Waals surface area (Å²) in [7, 11) is 0. The van der Waals surface area contributed by atoms with Crippen molar-refractivity contribution in [2.75, 3.05) is 29.9 Å². The maximum atomic E-state index is 11.5. The number of nitrogens with two attached hydrogens (primary N) is 1. The van der Waals surface area contributed by atoms with Crippen LogP contribution in [-0.4, -0.2) is 25.5 Å². The van der Waals surface area contributed by atoms with Crippen molar-refractivity contribution < 1.29 is 4.79 Å². The summed E-state index contributed by atoms with van der Waals surface area (Å²) < 4.78 is 0. The van der Waals surface area contributed by atoms with Gasteiger partial charge in [0.05, 0.1) is 0 Å². The lowest BCUT2D eigenvalue weighted by Gasteiger charge is -2.22. The van der Waals surface area contributed by atoms with E-state index in [0.717, 1.165) is 24.3 Å². The van der Waals surface area contributed by atoms with Crippen LogP contribution >= 0.6 is 0 Å². The largest absolute Gasteiger partial charge is 0.372 e. The number of carbonyl (C=O) groups is 1. The van der Waals surface area contributed by atoms with Crippen LogP contribution in [0.2, 0.25) is 0 Å². The molecule has 0 atom stereocenters. The highest BCUT2D eigenvalue weighted by atomic mass is 16.1. The molecule has 0 spiro atoms. The van der Waals surface area contributed by atoms with E-state index < -0.39 is 0 Å². The summed E-state index contributed by atoms with van der Waals surface area (Å²) in [4.78, 5) is 13.8. The maximum absolute atomic E-state index is 11.5. The van der Waals surface area contributed by atoms with Crippen molar-refractivity contribution in [3.05, 3.63) is 23.8 Å². The van der Waals surface area contributed by atoms with Crippen LogP contribution in [0.1, 0.15) is 25.8 Å². The molecule has 0 aromatic heterocycles. The first-order chi connectivity index (χ1) is 8.62. The number of nitrogens with one attached hydrogen (secondary N) is 1. The topological polar surface area (TPSA) is 58.4 Å². The van der Waals surface area contributed by atoms with Crippen LogP contribution in [0.4, 0.5) is 11.4 Å². The Balaban J connectivity index is 2.82. The fourth-order valence-corrected chi connectivity index (χ4v) is 1.92. The van der Waals surface area contributed by atoms with Crippen molar-refractivity contribution in [3.63, 3.8) is 0 Å². The molecule has 4 heteroatoms. The molecule has 0 fully saturated rings. The van der Waals surface area contributed by atoms with Crippen LogP contribution < -0.4 is 16.0 Å². The lowest BCUT2D eigenvalue weighted by atomic mass is 10.1. The average molecular weight is 249 g/mol. The first kappa shape index (κ1) is 14.5. The highest BCUT2D eigenvalue weighted by molar-refractivity contribution is 5.91. The van der Waals surface area contributed by atoms with Crippen LogP contribution in [0, 0.1) is 6.92 Å². The maximum Gasteiger partial charge on any atom is 0.225 e. The number of hydrogen-bond donors (Lipinski definition) is 2. The molecule has 4 nitrogen and oxygen atoms in total. The lowest BCUT2D eigenvalue weighted by molar-refractivity contribution is -0.116. The Bertz CT molecular complexity index is 400. The third-order valence-electron chi connectivity index (χ3n) is 2.98. The summed E-state index contributed by atoms with van der Waals surface area (Å²) in [6, 6.07) is 6.10. The molecule has 0 saturated heterocycles. The van der Waals surface area contributed by atoms with Gasteiger partial charge in [-0.25, -0.2) is 0 Å². The molecular formula is C14H23N3O. The normalized spacial score (nSPS) is 10.2. The Morgan fingerprint density at radius 2 is 2.00 bits per heavy atom. The third-order valence-corrected chi connectivity index (χ3v) is 2.98. The molecule has 18 heavy (non-hydrogen) atoms. The molecular weight excluding hydrogens is 226 g/mol. The Morgan fingerprint density at radius 3 is 2.50 bits per heavy atom. The number of rotatable bonds is 6. The summed E-state index contributed by atoms with van der Waals surface area (Å²) in [5.74, 6) is -0.0313. The zero-order valence-electron chi connectivity index (χ0n) is 11.5. The van der Waals surface area contributed by atoms with E-state index in [1.165, 1.54) is 5.69 Å². The van der Waals surface area contributed by atoms with Gasteiger partial charge in [-0.15, -0.1) is 0 Å². The average Bonchev–Trinajstić information content (AvgIpc) is 2.34. The van der Waals surface area contributed by atoms with Crippen LogP contribution in [0.3, 0.4) is 0 Å². The second-order valence-electron chi connectivity index (χ2n) is 4.26. The minimum atomic E-state index is -0.0313. The number of hydrogen-bond acceptors (Lipinski definition) is 3. The zero-order valence-corrected chi connectivity index (χ0v) is 11.5. The van der Waals surface area contributed by atoms with E-state index in [-0.39, 0.29) is 5.91 Å². The fourth-order valence-electron chi connectivity index (χ4n) is 1.92. The second-order valence-corrected chi connectivity index (χ2v) is 4.26. The van der Waals surface area contributed by atoms with Gasteiger partial charge in [0.1, 0.15) is 0 Å². The summed E-state index contributed by atoms with van der Waals surface area (Å²) in [5.41, 5.74) is 8.48. The van der Waals surface area contributed by atoms with E-state index in [1.807, 2.05) is 19.1 Å². The van der Waals surface area contributed by atoms with Crippen LogP contribution in [0.5, 0.6) is 0 Å². The monoisotopic (exact) mass is 249 g/mol. The van der Waals surface area contributed by atoms with E-state index in [2.05, 4.69) is 30.1 Å². The zero-order chi connectivity index (χ0) is 13.5. The van der Waals surface area contributed by atoms with Gasteiger partial charge in [0, 0.05) is 37.4 Å². The van der Waals surface area contributed by atoms with Crippen molar-refractivity contribution in [2.45, 2.75) is 27.2 Å².